The van der Waals surface area contributed by atoms with E-state index < -0.39 is 0 Å². The van der Waals surface area contributed by atoms with Crippen LogP contribution in [-0.2, 0) is 13.1 Å². The third kappa shape index (κ3) is 1.30. The molecule has 0 atom stereocenters. The fourth-order valence-electron chi connectivity index (χ4n) is 1.94. The zero-order valence-electron chi connectivity index (χ0n) is 8.27. The van der Waals surface area contributed by atoms with Crippen molar-refractivity contribution in [1.29, 1.82) is 0 Å². The molecule has 0 unspecified atom stereocenters. The fraction of sp³-hybridized carbons (Fsp3) is 0.182. The molecular formula is C11H12N4. The average Bonchev–Trinajstić information content (AvgIpc) is 2.77. The van der Waals surface area contributed by atoms with E-state index in [1.807, 2.05) is 35.1 Å². The second-order valence-corrected chi connectivity index (χ2v) is 3.73. The summed E-state index contributed by atoms with van der Waals surface area (Å²) in [7, 11) is 0. The molecule has 2 heterocycles. The van der Waals surface area contributed by atoms with Crippen LogP contribution in [0.15, 0.2) is 30.5 Å². The molecule has 0 bridgehead atoms. The summed E-state index contributed by atoms with van der Waals surface area (Å²) >= 11 is 0. The van der Waals surface area contributed by atoms with Crippen LogP contribution in [0, 0.1) is 0 Å². The van der Waals surface area contributed by atoms with Gasteiger partial charge in [0.15, 0.2) is 0 Å². The first kappa shape index (κ1) is 8.49. The topological polar surface area (TPSA) is 55.9 Å². The Morgan fingerprint density at radius 2 is 2.27 bits per heavy atom. The number of anilines is 1. The van der Waals surface area contributed by atoms with Crippen LogP contribution in [0.5, 0.6) is 0 Å². The molecule has 0 spiro atoms. The van der Waals surface area contributed by atoms with Crippen molar-refractivity contribution in [1.82, 2.24) is 15.1 Å². The highest BCUT2D eigenvalue weighted by molar-refractivity contribution is 5.48. The Hall–Kier alpha value is -1.81. The van der Waals surface area contributed by atoms with Crippen LogP contribution < -0.4 is 11.1 Å². The van der Waals surface area contributed by atoms with E-state index in [2.05, 4.69) is 10.4 Å². The SMILES string of the molecule is Nc1cccc(-n2ncc3c2CNC3)c1. The number of nitrogens with zero attached hydrogens (tertiary/aromatic N) is 2. The third-order valence-corrected chi connectivity index (χ3v) is 2.68. The Morgan fingerprint density at radius 3 is 3.13 bits per heavy atom. The molecule has 4 nitrogen and oxygen atoms in total. The van der Waals surface area contributed by atoms with Gasteiger partial charge in [0.1, 0.15) is 0 Å². The van der Waals surface area contributed by atoms with E-state index in [0.29, 0.717) is 0 Å². The molecule has 1 aliphatic heterocycles. The Bertz CT molecular complexity index is 501. The van der Waals surface area contributed by atoms with E-state index >= 15 is 0 Å². The average molecular weight is 200 g/mol. The fourth-order valence-corrected chi connectivity index (χ4v) is 1.94. The smallest absolute Gasteiger partial charge is 0.0669 e. The second kappa shape index (κ2) is 3.10. The molecular weight excluding hydrogens is 188 g/mol. The Labute approximate surface area is 87.7 Å². The lowest BCUT2D eigenvalue weighted by Crippen LogP contribution is -2.07. The van der Waals surface area contributed by atoms with E-state index in [0.717, 1.165) is 24.5 Å². The molecule has 0 aliphatic carbocycles. The van der Waals surface area contributed by atoms with Crippen molar-refractivity contribution in [2.45, 2.75) is 13.1 Å². The Balaban J connectivity index is 2.13. The van der Waals surface area contributed by atoms with Gasteiger partial charge in [0.25, 0.3) is 0 Å². The van der Waals surface area contributed by atoms with E-state index in [1.165, 1.54) is 11.3 Å². The van der Waals surface area contributed by atoms with E-state index in [1.54, 1.807) is 0 Å². The molecule has 76 valence electrons. The van der Waals surface area contributed by atoms with Gasteiger partial charge in [-0.3, -0.25) is 0 Å². The summed E-state index contributed by atoms with van der Waals surface area (Å²) in [5.41, 5.74) is 10.1. The van der Waals surface area contributed by atoms with Gasteiger partial charge in [-0.05, 0) is 18.2 Å². The van der Waals surface area contributed by atoms with Gasteiger partial charge in [-0.2, -0.15) is 5.10 Å². The van der Waals surface area contributed by atoms with E-state index in [4.69, 9.17) is 5.73 Å². The van der Waals surface area contributed by atoms with Gasteiger partial charge in [-0.15, -0.1) is 0 Å². The van der Waals surface area contributed by atoms with Crippen LogP contribution in [0.2, 0.25) is 0 Å². The monoisotopic (exact) mass is 200 g/mol. The first-order chi connectivity index (χ1) is 7.34. The molecule has 0 saturated heterocycles. The van der Waals surface area contributed by atoms with Crippen molar-refractivity contribution in [2.24, 2.45) is 0 Å². The molecule has 0 fully saturated rings. The third-order valence-electron chi connectivity index (χ3n) is 2.68. The highest BCUT2D eigenvalue weighted by Gasteiger charge is 2.16. The van der Waals surface area contributed by atoms with Crippen molar-refractivity contribution in [3.05, 3.63) is 41.7 Å². The summed E-state index contributed by atoms with van der Waals surface area (Å²) in [4.78, 5) is 0. The molecule has 1 aromatic heterocycles. The number of benzene rings is 1. The number of rotatable bonds is 1. The molecule has 3 rings (SSSR count). The first-order valence-electron chi connectivity index (χ1n) is 4.97. The standard InChI is InChI=1S/C11H12N4/c12-9-2-1-3-10(4-9)15-11-7-13-5-8(11)6-14-15/h1-4,6,13H,5,7,12H2. The van der Waals surface area contributed by atoms with Crippen molar-refractivity contribution < 1.29 is 0 Å². The number of aromatic nitrogens is 2. The minimum atomic E-state index is 0.766. The van der Waals surface area contributed by atoms with Gasteiger partial charge >= 0.3 is 0 Å². The summed E-state index contributed by atoms with van der Waals surface area (Å²) in [6, 6.07) is 7.78. The number of hydrogen-bond donors (Lipinski definition) is 2. The summed E-state index contributed by atoms with van der Waals surface area (Å²) in [5, 5.41) is 7.67. The zero-order valence-corrected chi connectivity index (χ0v) is 8.27. The van der Waals surface area contributed by atoms with Gasteiger partial charge < -0.3 is 11.1 Å². The summed E-state index contributed by atoms with van der Waals surface area (Å²) in [5.74, 6) is 0. The molecule has 4 heteroatoms. The second-order valence-electron chi connectivity index (χ2n) is 3.73. The van der Waals surface area contributed by atoms with Crippen molar-refractivity contribution >= 4 is 5.69 Å². The van der Waals surface area contributed by atoms with E-state index in [-0.39, 0.29) is 0 Å². The van der Waals surface area contributed by atoms with Gasteiger partial charge in [-0.1, -0.05) is 6.07 Å². The lowest BCUT2D eigenvalue weighted by Gasteiger charge is -2.05. The van der Waals surface area contributed by atoms with Crippen LogP contribution in [0.25, 0.3) is 5.69 Å². The zero-order chi connectivity index (χ0) is 10.3. The quantitative estimate of drug-likeness (QED) is 0.677. The molecule has 1 aliphatic rings. The predicted octanol–water partition coefficient (Wildman–Crippen LogP) is 1.06. The normalized spacial score (nSPS) is 14.1. The molecule has 1 aromatic carbocycles. The minimum Gasteiger partial charge on any atom is -0.399 e. The highest BCUT2D eigenvalue weighted by Crippen LogP contribution is 2.19. The van der Waals surface area contributed by atoms with Crippen LogP contribution in [0.3, 0.4) is 0 Å². The van der Waals surface area contributed by atoms with Gasteiger partial charge in [0.2, 0.25) is 0 Å². The summed E-state index contributed by atoms with van der Waals surface area (Å²) in [6.07, 6.45) is 1.92. The van der Waals surface area contributed by atoms with Gasteiger partial charge in [0.05, 0.1) is 17.6 Å². The molecule has 15 heavy (non-hydrogen) atoms. The summed E-state index contributed by atoms with van der Waals surface area (Å²) in [6.45, 7) is 1.79. The van der Waals surface area contributed by atoms with Crippen molar-refractivity contribution in [3.63, 3.8) is 0 Å². The van der Waals surface area contributed by atoms with Crippen LogP contribution in [-0.4, -0.2) is 9.78 Å². The van der Waals surface area contributed by atoms with E-state index in [9.17, 15) is 0 Å². The molecule has 3 N–H and O–H groups in total. The Kier molecular flexibility index (Phi) is 1.76. The minimum absolute atomic E-state index is 0.766. The lowest BCUT2D eigenvalue weighted by molar-refractivity contribution is 0.711. The molecule has 0 radical (unpaired) electrons. The molecule has 2 aromatic rings. The maximum absolute atomic E-state index is 5.75. The lowest BCUT2D eigenvalue weighted by atomic mass is 10.2. The van der Waals surface area contributed by atoms with Crippen LogP contribution in [0.1, 0.15) is 11.3 Å². The van der Waals surface area contributed by atoms with Gasteiger partial charge in [0, 0.05) is 24.3 Å². The van der Waals surface area contributed by atoms with Crippen molar-refractivity contribution in [2.75, 3.05) is 5.73 Å². The maximum Gasteiger partial charge on any atom is 0.0669 e. The Morgan fingerprint density at radius 1 is 1.33 bits per heavy atom. The molecule has 0 saturated carbocycles. The number of fused-ring (bicyclic) bond motifs is 1. The van der Waals surface area contributed by atoms with Crippen molar-refractivity contribution in [3.8, 4) is 5.69 Å². The maximum atomic E-state index is 5.75. The van der Waals surface area contributed by atoms with Crippen LogP contribution in [0.4, 0.5) is 5.69 Å². The van der Waals surface area contributed by atoms with Crippen LogP contribution >= 0.6 is 0 Å². The molecule has 0 amide bonds. The number of nitrogens with one attached hydrogen (secondary N) is 1. The number of nitrogen functional groups attached to an aromatic ring is 1. The number of nitrogens with two attached hydrogens (primary N) is 1. The summed E-state index contributed by atoms with van der Waals surface area (Å²) < 4.78 is 1.95. The first-order valence-corrected chi connectivity index (χ1v) is 4.97. The predicted molar refractivity (Wildman–Crippen MR) is 58.5 cm³/mol. The van der Waals surface area contributed by atoms with Gasteiger partial charge in [-0.25, -0.2) is 4.68 Å². The largest absolute Gasteiger partial charge is 0.399 e. The highest BCUT2D eigenvalue weighted by atomic mass is 15.3. The number of hydrogen-bond acceptors (Lipinski definition) is 3.